The number of rotatable bonds is 7. The Kier molecular flexibility index (Phi) is 5.72. The van der Waals surface area contributed by atoms with Crippen LogP contribution in [0.3, 0.4) is 0 Å². The number of hydrogen-bond donors (Lipinski definition) is 2. The summed E-state index contributed by atoms with van der Waals surface area (Å²) in [6.07, 6.45) is 1.82. The normalized spacial score (nSPS) is 20.7. The Morgan fingerprint density at radius 1 is 1.28 bits per heavy atom. The number of amides is 1. The van der Waals surface area contributed by atoms with Crippen molar-refractivity contribution < 1.29 is 27.8 Å². The minimum atomic E-state index is -3.70. The second kappa shape index (κ2) is 8.41. The summed E-state index contributed by atoms with van der Waals surface area (Å²) in [4.78, 5) is 15.1. The zero-order chi connectivity index (χ0) is 26.0. The van der Waals surface area contributed by atoms with Crippen LogP contribution in [0.5, 0.6) is 0 Å². The molecule has 3 aromatic rings. The van der Waals surface area contributed by atoms with Crippen LogP contribution in [-0.4, -0.2) is 41.0 Å². The van der Waals surface area contributed by atoms with Crippen LogP contribution in [0.25, 0.3) is 10.8 Å². The number of aliphatic hydroxyl groups excluding tert-OH is 1. The van der Waals surface area contributed by atoms with Gasteiger partial charge in [0, 0.05) is 35.1 Å². The highest BCUT2D eigenvalue weighted by Crippen LogP contribution is 2.49. The highest BCUT2D eigenvalue weighted by atomic mass is 19.3. The van der Waals surface area contributed by atoms with Crippen LogP contribution in [0.2, 0.25) is 0 Å². The van der Waals surface area contributed by atoms with Gasteiger partial charge in [-0.3, -0.25) is 4.79 Å². The van der Waals surface area contributed by atoms with E-state index in [1.165, 1.54) is 19.2 Å². The second-order valence-electron chi connectivity index (χ2n) is 9.63. The molecule has 1 aliphatic carbocycles. The predicted octanol–water partition coefficient (Wildman–Crippen LogP) is 4.71. The first-order valence-electron chi connectivity index (χ1n) is 11.8. The average molecular weight is 501 g/mol. The standard InChI is InChI=1S/C26H27F3N4O3/c1-13(16-6-5-7-19(22(16)27)26(28,29)12-34)30-23-18-11-21-20(10-17(18)14(2)31-32-23)25(3,36-4)24(35)33(21)15-8-9-15/h5-7,10-11,13,15,34H,8-9,12H2,1-4H3,(H,30,32)/t13-,25?/m1/s1. The monoisotopic (exact) mass is 500 g/mol. The Hall–Kier alpha value is -3.24. The van der Waals surface area contributed by atoms with E-state index in [2.05, 4.69) is 15.5 Å². The van der Waals surface area contributed by atoms with Gasteiger partial charge in [-0.2, -0.15) is 13.9 Å². The number of fused-ring (bicyclic) bond motifs is 2. The minimum Gasteiger partial charge on any atom is -0.390 e. The lowest BCUT2D eigenvalue weighted by Crippen LogP contribution is -2.40. The number of hydrogen-bond acceptors (Lipinski definition) is 6. The number of anilines is 2. The number of aliphatic hydroxyl groups is 1. The lowest BCUT2D eigenvalue weighted by Gasteiger charge is -2.22. The molecule has 10 heteroatoms. The van der Waals surface area contributed by atoms with E-state index in [9.17, 15) is 13.6 Å². The third kappa shape index (κ3) is 3.62. The van der Waals surface area contributed by atoms with Crippen molar-refractivity contribution in [2.24, 2.45) is 0 Å². The van der Waals surface area contributed by atoms with Gasteiger partial charge in [-0.1, -0.05) is 12.1 Å². The molecule has 0 saturated heterocycles. The first-order valence-corrected chi connectivity index (χ1v) is 11.8. The quantitative estimate of drug-likeness (QED) is 0.489. The van der Waals surface area contributed by atoms with Crippen molar-refractivity contribution in [3.63, 3.8) is 0 Å². The van der Waals surface area contributed by atoms with Crippen molar-refractivity contribution >= 4 is 28.2 Å². The molecule has 1 saturated carbocycles. The van der Waals surface area contributed by atoms with E-state index in [0.717, 1.165) is 35.5 Å². The van der Waals surface area contributed by atoms with E-state index in [0.29, 0.717) is 16.9 Å². The summed E-state index contributed by atoms with van der Waals surface area (Å²) in [6, 6.07) is 6.81. The molecule has 36 heavy (non-hydrogen) atoms. The zero-order valence-corrected chi connectivity index (χ0v) is 20.4. The molecule has 7 nitrogen and oxygen atoms in total. The summed E-state index contributed by atoms with van der Waals surface area (Å²) in [6.45, 7) is 3.69. The van der Waals surface area contributed by atoms with Gasteiger partial charge in [0.15, 0.2) is 11.4 Å². The highest BCUT2D eigenvalue weighted by Gasteiger charge is 2.52. The first-order chi connectivity index (χ1) is 17.0. The Labute approximate surface area is 206 Å². The van der Waals surface area contributed by atoms with E-state index in [1.807, 2.05) is 12.1 Å². The molecular formula is C26H27F3N4O3. The van der Waals surface area contributed by atoms with Crippen LogP contribution in [0.15, 0.2) is 30.3 Å². The third-order valence-corrected chi connectivity index (χ3v) is 7.24. The molecule has 190 valence electrons. The summed E-state index contributed by atoms with van der Waals surface area (Å²) in [5.74, 6) is -4.59. The van der Waals surface area contributed by atoms with Crippen LogP contribution in [0.4, 0.5) is 24.7 Å². The van der Waals surface area contributed by atoms with E-state index in [4.69, 9.17) is 9.84 Å². The number of methoxy groups -OCH3 is 1. The molecule has 0 radical (unpaired) electrons. The van der Waals surface area contributed by atoms with Gasteiger partial charge < -0.3 is 20.1 Å². The highest BCUT2D eigenvalue weighted by molar-refractivity contribution is 6.11. The molecule has 1 unspecified atom stereocenters. The van der Waals surface area contributed by atoms with Gasteiger partial charge >= 0.3 is 0 Å². The molecule has 0 bridgehead atoms. The van der Waals surface area contributed by atoms with E-state index in [1.54, 1.807) is 25.7 Å². The number of carbonyl (C=O) groups excluding carboxylic acids is 1. The average Bonchev–Trinajstić information content (AvgIpc) is 3.67. The summed E-state index contributed by atoms with van der Waals surface area (Å²) >= 11 is 0. The first kappa shape index (κ1) is 24.5. The van der Waals surface area contributed by atoms with Gasteiger partial charge in [-0.05, 0) is 51.8 Å². The van der Waals surface area contributed by atoms with Crippen LogP contribution in [0, 0.1) is 12.7 Å². The number of nitrogens with zero attached hydrogens (tertiary/aromatic N) is 3. The molecule has 2 aromatic carbocycles. The van der Waals surface area contributed by atoms with Crippen LogP contribution in [0.1, 0.15) is 55.1 Å². The maximum absolute atomic E-state index is 15.1. The van der Waals surface area contributed by atoms with Gasteiger partial charge in [0.1, 0.15) is 12.4 Å². The topological polar surface area (TPSA) is 87.6 Å². The fourth-order valence-electron chi connectivity index (χ4n) is 4.89. The lowest BCUT2D eigenvalue weighted by atomic mass is 9.94. The molecule has 5 rings (SSSR count). The number of aromatic nitrogens is 2. The maximum Gasteiger partial charge on any atom is 0.298 e. The van der Waals surface area contributed by atoms with Crippen molar-refractivity contribution in [1.82, 2.24) is 10.2 Å². The number of alkyl halides is 2. The second-order valence-corrected chi connectivity index (χ2v) is 9.63. The number of ether oxygens (including phenoxy) is 1. The van der Waals surface area contributed by atoms with E-state index in [-0.39, 0.29) is 17.5 Å². The maximum atomic E-state index is 15.1. The molecule has 2 heterocycles. The van der Waals surface area contributed by atoms with Gasteiger partial charge in [-0.25, -0.2) is 4.39 Å². The Balaban J connectivity index is 1.60. The van der Waals surface area contributed by atoms with Gasteiger partial charge in [0.2, 0.25) is 0 Å². The van der Waals surface area contributed by atoms with E-state index < -0.39 is 35.6 Å². The van der Waals surface area contributed by atoms with Crippen molar-refractivity contribution in [3.05, 3.63) is 58.5 Å². The molecule has 1 fully saturated rings. The van der Waals surface area contributed by atoms with Crippen LogP contribution < -0.4 is 10.2 Å². The number of aryl methyl sites for hydroxylation is 1. The molecule has 2 N–H and O–H groups in total. The fourth-order valence-corrected chi connectivity index (χ4v) is 4.89. The summed E-state index contributed by atoms with van der Waals surface area (Å²) < 4.78 is 48.8. The molecule has 1 amide bonds. The Morgan fingerprint density at radius 3 is 2.64 bits per heavy atom. The number of nitrogens with one attached hydrogen (secondary N) is 1. The van der Waals surface area contributed by atoms with Crippen molar-refractivity contribution in [2.45, 2.75) is 57.2 Å². The smallest absolute Gasteiger partial charge is 0.298 e. The summed E-state index contributed by atoms with van der Waals surface area (Å²) in [7, 11) is 1.51. The molecular weight excluding hydrogens is 473 g/mol. The van der Waals surface area contributed by atoms with Gasteiger partial charge in [0.25, 0.3) is 11.8 Å². The number of benzene rings is 2. The third-order valence-electron chi connectivity index (χ3n) is 7.24. The predicted molar refractivity (Wildman–Crippen MR) is 129 cm³/mol. The summed E-state index contributed by atoms with van der Waals surface area (Å²) in [5, 5.41) is 22.0. The Morgan fingerprint density at radius 2 is 2.00 bits per heavy atom. The summed E-state index contributed by atoms with van der Waals surface area (Å²) in [5.41, 5.74) is 0.125. The van der Waals surface area contributed by atoms with Gasteiger partial charge in [0.05, 0.1) is 23.0 Å². The molecule has 0 spiro atoms. The van der Waals surface area contributed by atoms with Crippen molar-refractivity contribution in [3.8, 4) is 0 Å². The fraction of sp³-hybridized carbons (Fsp3) is 0.423. The van der Waals surface area contributed by atoms with Crippen molar-refractivity contribution in [2.75, 3.05) is 23.9 Å². The van der Waals surface area contributed by atoms with Gasteiger partial charge in [-0.15, -0.1) is 5.10 Å². The molecule has 1 aliphatic heterocycles. The SMILES string of the molecule is COC1(C)C(=O)N(C2CC2)c2cc3c(N[C@H](C)c4cccc(C(F)(F)CO)c4F)nnc(C)c3cc21. The van der Waals surface area contributed by atoms with Crippen LogP contribution in [-0.2, 0) is 21.1 Å². The molecule has 1 aromatic heterocycles. The molecule has 2 atom stereocenters. The van der Waals surface area contributed by atoms with E-state index >= 15 is 4.39 Å². The lowest BCUT2D eigenvalue weighted by molar-refractivity contribution is -0.137. The molecule has 2 aliphatic rings. The van der Waals surface area contributed by atoms with Crippen molar-refractivity contribution in [1.29, 1.82) is 0 Å². The largest absolute Gasteiger partial charge is 0.390 e. The minimum absolute atomic E-state index is 0.000877. The number of carbonyl (C=O) groups is 1. The Bertz CT molecular complexity index is 1380. The zero-order valence-electron chi connectivity index (χ0n) is 20.4. The number of halogens is 3. The van der Waals surface area contributed by atoms with Crippen LogP contribution >= 0.6 is 0 Å².